The fraction of sp³-hybridized carbons (Fsp3) is 0.308. The van der Waals surface area contributed by atoms with Crippen molar-refractivity contribution in [2.75, 3.05) is 10.5 Å². The molecular weight excluding hydrogens is 276 g/mol. The lowest BCUT2D eigenvalue weighted by Gasteiger charge is -2.12. The van der Waals surface area contributed by atoms with Crippen molar-refractivity contribution >= 4 is 21.4 Å². The van der Waals surface area contributed by atoms with Crippen LogP contribution in [-0.4, -0.2) is 18.2 Å². The third-order valence-electron chi connectivity index (χ3n) is 2.96. The number of anilines is 2. The van der Waals surface area contributed by atoms with Gasteiger partial charge in [0.2, 0.25) is 0 Å². The van der Waals surface area contributed by atoms with Gasteiger partial charge >= 0.3 is 0 Å². The summed E-state index contributed by atoms with van der Waals surface area (Å²) in [4.78, 5) is 0.260. The van der Waals surface area contributed by atoms with Crippen LogP contribution in [0.2, 0.25) is 0 Å². The molecule has 1 aromatic carbocycles. The van der Waals surface area contributed by atoms with E-state index in [4.69, 9.17) is 5.73 Å². The van der Waals surface area contributed by atoms with Crippen LogP contribution in [0.3, 0.4) is 0 Å². The molecule has 1 heterocycles. The van der Waals surface area contributed by atoms with Gasteiger partial charge in [0.25, 0.3) is 10.0 Å². The summed E-state index contributed by atoms with van der Waals surface area (Å²) in [5, 5.41) is 4.04. The number of hydrogen-bond acceptors (Lipinski definition) is 4. The summed E-state index contributed by atoms with van der Waals surface area (Å²) in [5.41, 5.74) is 7.96. The predicted molar refractivity (Wildman–Crippen MR) is 79.0 cm³/mol. The molecule has 2 aromatic rings. The van der Waals surface area contributed by atoms with Crippen LogP contribution in [0.5, 0.6) is 0 Å². The lowest BCUT2D eigenvalue weighted by molar-refractivity contribution is 0.600. The summed E-state index contributed by atoms with van der Waals surface area (Å²) in [7, 11) is -3.65. The van der Waals surface area contributed by atoms with E-state index < -0.39 is 10.0 Å². The van der Waals surface area contributed by atoms with Crippen molar-refractivity contribution in [3.63, 3.8) is 0 Å². The lowest BCUT2D eigenvalue weighted by atomic mass is 10.1. The number of aromatic nitrogens is 2. The molecule has 108 valence electrons. The van der Waals surface area contributed by atoms with E-state index in [0.717, 1.165) is 0 Å². The molecule has 0 saturated carbocycles. The molecule has 0 aliphatic carbocycles. The molecule has 0 radical (unpaired) electrons. The fourth-order valence-electron chi connectivity index (χ4n) is 2.20. The van der Waals surface area contributed by atoms with Crippen LogP contribution in [0.4, 0.5) is 11.4 Å². The Morgan fingerprint density at radius 3 is 2.40 bits per heavy atom. The maximum atomic E-state index is 12.5. The molecule has 3 N–H and O–H groups in total. The summed E-state index contributed by atoms with van der Waals surface area (Å²) in [5.74, 6) is 0. The molecule has 0 spiro atoms. The number of nitrogens with two attached hydrogens (primary N) is 1. The smallest absolute Gasteiger partial charge is 0.262 e. The minimum Gasteiger partial charge on any atom is -0.399 e. The minimum atomic E-state index is -3.65. The van der Waals surface area contributed by atoms with Crippen LogP contribution in [-0.2, 0) is 16.6 Å². The van der Waals surface area contributed by atoms with Gasteiger partial charge in [-0.15, -0.1) is 0 Å². The van der Waals surface area contributed by atoms with Crippen molar-refractivity contribution in [2.45, 2.75) is 32.2 Å². The summed E-state index contributed by atoms with van der Waals surface area (Å²) < 4.78 is 29.1. The summed E-state index contributed by atoms with van der Waals surface area (Å²) in [6.07, 6.45) is 3.14. The maximum absolute atomic E-state index is 12.5. The van der Waals surface area contributed by atoms with Gasteiger partial charge in [0.05, 0.1) is 16.8 Å². The fourth-order valence-corrected chi connectivity index (χ4v) is 3.69. The first-order valence-electron chi connectivity index (χ1n) is 6.25. The van der Waals surface area contributed by atoms with Gasteiger partial charge in [-0.25, -0.2) is 8.42 Å². The topological polar surface area (TPSA) is 90.0 Å². The van der Waals surface area contributed by atoms with Gasteiger partial charge in [0.15, 0.2) is 0 Å². The Morgan fingerprint density at radius 2 is 1.90 bits per heavy atom. The first kappa shape index (κ1) is 14.4. The van der Waals surface area contributed by atoms with Crippen molar-refractivity contribution in [1.29, 1.82) is 0 Å². The molecule has 0 fully saturated rings. The molecule has 0 aliphatic rings. The number of hydrogen-bond donors (Lipinski definition) is 2. The molecule has 7 heteroatoms. The Labute approximate surface area is 118 Å². The van der Waals surface area contributed by atoms with Crippen molar-refractivity contribution in [3.05, 3.63) is 35.7 Å². The van der Waals surface area contributed by atoms with Gasteiger partial charge < -0.3 is 5.73 Å². The third kappa shape index (κ3) is 2.77. The van der Waals surface area contributed by atoms with Gasteiger partial charge in [-0.2, -0.15) is 5.10 Å². The monoisotopic (exact) mass is 294 g/mol. The van der Waals surface area contributed by atoms with E-state index in [1.54, 1.807) is 36.9 Å². The second-order valence-electron chi connectivity index (χ2n) is 4.67. The minimum absolute atomic E-state index is 0.260. The first-order chi connectivity index (χ1) is 9.33. The molecule has 2 rings (SSSR count). The Hall–Kier alpha value is -2.02. The van der Waals surface area contributed by atoms with Gasteiger partial charge in [-0.05, 0) is 44.0 Å². The van der Waals surface area contributed by atoms with Gasteiger partial charge in [0, 0.05) is 18.4 Å². The second kappa shape index (κ2) is 5.16. The van der Waals surface area contributed by atoms with Crippen LogP contribution in [0.1, 0.15) is 18.1 Å². The highest BCUT2D eigenvalue weighted by Gasteiger charge is 2.20. The molecule has 6 nitrogen and oxygen atoms in total. The number of nitrogen functional groups attached to an aromatic ring is 1. The Kier molecular flexibility index (Phi) is 3.71. The number of aryl methyl sites for hydroxylation is 3. The van der Waals surface area contributed by atoms with E-state index in [9.17, 15) is 8.42 Å². The van der Waals surface area contributed by atoms with E-state index in [-0.39, 0.29) is 4.90 Å². The van der Waals surface area contributed by atoms with Crippen LogP contribution < -0.4 is 10.5 Å². The zero-order chi connectivity index (χ0) is 14.9. The average molecular weight is 294 g/mol. The normalized spacial score (nSPS) is 11.6. The Balaban J connectivity index is 2.40. The van der Waals surface area contributed by atoms with Gasteiger partial charge in [0.1, 0.15) is 0 Å². The zero-order valence-electron chi connectivity index (χ0n) is 11.7. The largest absolute Gasteiger partial charge is 0.399 e. The maximum Gasteiger partial charge on any atom is 0.262 e. The highest BCUT2D eigenvalue weighted by molar-refractivity contribution is 7.92. The predicted octanol–water partition coefficient (Wildman–Crippen LogP) is 1.90. The molecule has 0 saturated heterocycles. The number of rotatable bonds is 4. The number of sulfonamides is 1. The molecule has 1 aromatic heterocycles. The van der Waals surface area contributed by atoms with Crippen LogP contribution in [0.25, 0.3) is 0 Å². The van der Waals surface area contributed by atoms with Crippen LogP contribution in [0.15, 0.2) is 29.4 Å². The number of nitrogens with one attached hydrogen (secondary N) is 1. The standard InChI is InChI=1S/C13H18N4O2S/c1-4-17-8-12(7-15-17)16-20(18,19)13-9(2)5-11(14)6-10(13)3/h5-8,16H,4,14H2,1-3H3. The molecule has 20 heavy (non-hydrogen) atoms. The zero-order valence-corrected chi connectivity index (χ0v) is 12.5. The molecule has 0 atom stereocenters. The Bertz CT molecular complexity index is 712. The van der Waals surface area contributed by atoms with Gasteiger partial charge in [-0.1, -0.05) is 0 Å². The van der Waals surface area contributed by atoms with E-state index in [1.807, 2.05) is 6.92 Å². The average Bonchev–Trinajstić information content (AvgIpc) is 2.73. The van der Waals surface area contributed by atoms with E-state index >= 15 is 0 Å². The Morgan fingerprint density at radius 1 is 1.30 bits per heavy atom. The number of benzene rings is 1. The summed E-state index contributed by atoms with van der Waals surface area (Å²) in [6, 6.07) is 3.30. The quantitative estimate of drug-likeness (QED) is 0.843. The molecule has 0 unspecified atom stereocenters. The van der Waals surface area contributed by atoms with E-state index in [0.29, 0.717) is 29.0 Å². The summed E-state index contributed by atoms with van der Waals surface area (Å²) in [6.45, 7) is 6.07. The molecule has 0 amide bonds. The highest BCUT2D eigenvalue weighted by Crippen LogP contribution is 2.25. The highest BCUT2D eigenvalue weighted by atomic mass is 32.2. The summed E-state index contributed by atoms with van der Waals surface area (Å²) >= 11 is 0. The molecular formula is C13H18N4O2S. The van der Waals surface area contributed by atoms with Crippen molar-refractivity contribution in [2.24, 2.45) is 0 Å². The third-order valence-corrected chi connectivity index (χ3v) is 4.65. The van der Waals surface area contributed by atoms with Crippen LogP contribution >= 0.6 is 0 Å². The number of nitrogens with zero attached hydrogens (tertiary/aromatic N) is 2. The molecule has 0 bridgehead atoms. The second-order valence-corrected chi connectivity index (χ2v) is 6.29. The van der Waals surface area contributed by atoms with Gasteiger partial charge in [-0.3, -0.25) is 9.40 Å². The van der Waals surface area contributed by atoms with Crippen molar-refractivity contribution in [3.8, 4) is 0 Å². The van der Waals surface area contributed by atoms with E-state index in [1.165, 1.54) is 6.20 Å². The molecule has 0 aliphatic heterocycles. The lowest BCUT2D eigenvalue weighted by Crippen LogP contribution is -2.15. The first-order valence-corrected chi connectivity index (χ1v) is 7.74. The van der Waals surface area contributed by atoms with Crippen molar-refractivity contribution < 1.29 is 8.42 Å². The van der Waals surface area contributed by atoms with E-state index in [2.05, 4.69) is 9.82 Å². The van der Waals surface area contributed by atoms with Crippen LogP contribution in [0, 0.1) is 13.8 Å². The van der Waals surface area contributed by atoms with Crippen molar-refractivity contribution in [1.82, 2.24) is 9.78 Å². The SMILES string of the molecule is CCn1cc(NS(=O)(=O)c2c(C)cc(N)cc2C)cn1.